The van der Waals surface area contributed by atoms with Gasteiger partial charge in [-0.1, -0.05) is 41.6 Å². The van der Waals surface area contributed by atoms with Crippen molar-refractivity contribution in [3.63, 3.8) is 0 Å². The molecule has 0 unspecified atom stereocenters. The van der Waals surface area contributed by atoms with Crippen LogP contribution >= 0.6 is 34.7 Å². The average Bonchev–Trinajstić information content (AvgIpc) is 2.92. The molecule has 0 N–H and O–H groups in total. The summed E-state index contributed by atoms with van der Waals surface area (Å²) < 4.78 is 2.88. The van der Waals surface area contributed by atoms with Crippen molar-refractivity contribution < 1.29 is 0 Å². The normalized spacial score (nSPS) is 11.2. The van der Waals surface area contributed by atoms with Crippen LogP contribution in [0.15, 0.2) is 29.4 Å². The van der Waals surface area contributed by atoms with Crippen molar-refractivity contribution in [2.45, 2.75) is 10.9 Å². The number of halogens is 1. The molecule has 0 radical (unpaired) electrons. The molecule has 0 aliphatic carbocycles. The highest BCUT2D eigenvalue weighted by atomic mass is 35.5. The van der Waals surface area contributed by atoms with E-state index in [1.165, 1.54) is 4.70 Å². The van der Waals surface area contributed by atoms with Crippen LogP contribution in [0.25, 0.3) is 10.1 Å². The fourth-order valence-electron chi connectivity index (χ4n) is 1.63. The number of tetrazole rings is 1. The van der Waals surface area contributed by atoms with Crippen molar-refractivity contribution in [3.8, 4) is 0 Å². The van der Waals surface area contributed by atoms with E-state index in [4.69, 9.17) is 11.6 Å². The van der Waals surface area contributed by atoms with Gasteiger partial charge in [0.25, 0.3) is 0 Å². The molecule has 0 bridgehead atoms. The second kappa shape index (κ2) is 4.87. The highest BCUT2D eigenvalue weighted by Gasteiger charge is 2.11. The molecule has 0 saturated carbocycles. The summed E-state index contributed by atoms with van der Waals surface area (Å²) in [7, 11) is 1.83. The molecular formula is C11H9ClN4S2. The average molecular weight is 297 g/mol. The van der Waals surface area contributed by atoms with Gasteiger partial charge in [-0.2, -0.15) is 0 Å². The largest absolute Gasteiger partial charge is 0.224 e. The minimum Gasteiger partial charge on any atom is -0.224 e. The van der Waals surface area contributed by atoms with E-state index < -0.39 is 0 Å². The van der Waals surface area contributed by atoms with Gasteiger partial charge in [-0.05, 0) is 16.5 Å². The molecule has 0 saturated heterocycles. The Kier molecular flexibility index (Phi) is 3.23. The summed E-state index contributed by atoms with van der Waals surface area (Å²) in [6.07, 6.45) is 0. The van der Waals surface area contributed by atoms with Gasteiger partial charge in [0, 0.05) is 27.8 Å². The number of fused-ring (bicyclic) bond motifs is 1. The Balaban J connectivity index is 1.87. The minimum absolute atomic E-state index is 0.784. The van der Waals surface area contributed by atoms with Gasteiger partial charge >= 0.3 is 0 Å². The molecule has 7 heteroatoms. The van der Waals surface area contributed by atoms with E-state index in [2.05, 4.69) is 21.6 Å². The van der Waals surface area contributed by atoms with Crippen molar-refractivity contribution in [1.29, 1.82) is 0 Å². The maximum Gasteiger partial charge on any atom is 0.209 e. The molecule has 0 atom stereocenters. The lowest BCUT2D eigenvalue weighted by Gasteiger charge is -1.97. The first-order chi connectivity index (χ1) is 8.75. The van der Waals surface area contributed by atoms with Crippen LogP contribution in [0.5, 0.6) is 0 Å². The number of rotatable bonds is 3. The summed E-state index contributed by atoms with van der Waals surface area (Å²) in [6, 6.07) is 8.17. The van der Waals surface area contributed by atoms with Gasteiger partial charge in [-0.25, -0.2) is 4.68 Å². The molecule has 0 aliphatic rings. The summed E-state index contributed by atoms with van der Waals surface area (Å²) in [6.45, 7) is 0. The van der Waals surface area contributed by atoms with E-state index in [1.807, 2.05) is 25.2 Å². The highest BCUT2D eigenvalue weighted by Crippen LogP contribution is 2.38. The van der Waals surface area contributed by atoms with E-state index in [1.54, 1.807) is 27.8 Å². The summed E-state index contributed by atoms with van der Waals surface area (Å²) in [4.78, 5) is 1.16. The Morgan fingerprint density at radius 2 is 2.22 bits per heavy atom. The third-order valence-corrected chi connectivity index (χ3v) is 5.45. The fraction of sp³-hybridized carbons (Fsp3) is 0.182. The summed E-state index contributed by atoms with van der Waals surface area (Å²) in [5, 5.41) is 14.1. The molecule has 0 spiro atoms. The topological polar surface area (TPSA) is 43.6 Å². The molecule has 0 aliphatic heterocycles. The number of thioether (sulfide) groups is 1. The first-order valence-corrected chi connectivity index (χ1v) is 7.45. The monoisotopic (exact) mass is 296 g/mol. The van der Waals surface area contributed by atoms with Crippen LogP contribution in [-0.4, -0.2) is 20.2 Å². The third kappa shape index (κ3) is 2.11. The van der Waals surface area contributed by atoms with E-state index >= 15 is 0 Å². The zero-order valence-electron chi connectivity index (χ0n) is 9.50. The van der Waals surface area contributed by atoms with Crippen LogP contribution in [-0.2, 0) is 12.8 Å². The predicted octanol–water partition coefficient (Wildman–Crippen LogP) is 3.37. The molecule has 2 aromatic heterocycles. The van der Waals surface area contributed by atoms with Crippen LogP contribution in [0.4, 0.5) is 0 Å². The van der Waals surface area contributed by atoms with Gasteiger partial charge in [0.1, 0.15) is 0 Å². The van der Waals surface area contributed by atoms with Gasteiger partial charge in [0.2, 0.25) is 5.16 Å². The lowest BCUT2D eigenvalue weighted by molar-refractivity contribution is 0.664. The van der Waals surface area contributed by atoms with Gasteiger partial charge in [0.05, 0.1) is 5.02 Å². The van der Waals surface area contributed by atoms with Crippen LogP contribution < -0.4 is 0 Å². The SMILES string of the molecule is Cn1nnnc1SCc1sc2ccccc2c1Cl. The molecule has 2 heterocycles. The Bertz CT molecular complexity index is 691. The minimum atomic E-state index is 0.784. The van der Waals surface area contributed by atoms with E-state index in [-0.39, 0.29) is 0 Å². The smallest absolute Gasteiger partial charge is 0.209 e. The number of aryl methyl sites for hydroxylation is 1. The quantitative estimate of drug-likeness (QED) is 0.695. The lowest BCUT2D eigenvalue weighted by atomic mass is 10.2. The molecule has 3 rings (SSSR count). The van der Waals surface area contributed by atoms with E-state index in [0.29, 0.717) is 0 Å². The van der Waals surface area contributed by atoms with Crippen molar-refractivity contribution in [2.24, 2.45) is 7.05 Å². The van der Waals surface area contributed by atoms with Crippen LogP contribution in [0.3, 0.4) is 0 Å². The maximum absolute atomic E-state index is 6.38. The number of thiophene rings is 1. The Hall–Kier alpha value is -1.11. The van der Waals surface area contributed by atoms with E-state index in [9.17, 15) is 0 Å². The van der Waals surface area contributed by atoms with Crippen molar-refractivity contribution in [1.82, 2.24) is 20.2 Å². The van der Waals surface area contributed by atoms with Crippen LogP contribution in [0.1, 0.15) is 4.88 Å². The summed E-state index contributed by atoms with van der Waals surface area (Å²) in [5.41, 5.74) is 0. The number of hydrogen-bond acceptors (Lipinski definition) is 5. The zero-order valence-corrected chi connectivity index (χ0v) is 11.9. The van der Waals surface area contributed by atoms with Crippen LogP contribution in [0, 0.1) is 0 Å². The molecule has 0 amide bonds. The first-order valence-electron chi connectivity index (χ1n) is 5.27. The number of benzene rings is 1. The van der Waals surface area contributed by atoms with Crippen molar-refractivity contribution >= 4 is 44.8 Å². The lowest BCUT2D eigenvalue weighted by Crippen LogP contribution is -1.92. The molecule has 3 aromatic rings. The second-order valence-electron chi connectivity index (χ2n) is 3.71. The van der Waals surface area contributed by atoms with Crippen LogP contribution in [0.2, 0.25) is 5.02 Å². The van der Waals surface area contributed by atoms with Gasteiger partial charge in [0.15, 0.2) is 0 Å². The Morgan fingerprint density at radius 3 is 2.94 bits per heavy atom. The van der Waals surface area contributed by atoms with Crippen molar-refractivity contribution in [2.75, 3.05) is 0 Å². The maximum atomic E-state index is 6.38. The number of hydrogen-bond donors (Lipinski definition) is 0. The van der Waals surface area contributed by atoms with Crippen molar-refractivity contribution in [3.05, 3.63) is 34.2 Å². The molecule has 0 fully saturated rings. The molecule has 4 nitrogen and oxygen atoms in total. The number of aromatic nitrogens is 4. The number of nitrogens with zero attached hydrogens (tertiary/aromatic N) is 4. The third-order valence-electron chi connectivity index (χ3n) is 2.52. The van der Waals surface area contributed by atoms with E-state index in [0.717, 1.165) is 26.2 Å². The van der Waals surface area contributed by atoms with Gasteiger partial charge in [-0.3, -0.25) is 0 Å². The fourth-order valence-corrected chi connectivity index (χ4v) is 4.14. The Morgan fingerprint density at radius 1 is 1.39 bits per heavy atom. The highest BCUT2D eigenvalue weighted by molar-refractivity contribution is 7.98. The first kappa shape index (κ1) is 12.0. The molecular weight excluding hydrogens is 288 g/mol. The Labute approximate surface area is 117 Å². The molecule has 1 aromatic carbocycles. The molecule has 92 valence electrons. The zero-order chi connectivity index (χ0) is 12.5. The van der Waals surface area contributed by atoms with Gasteiger partial charge in [-0.15, -0.1) is 16.4 Å². The molecule has 18 heavy (non-hydrogen) atoms. The summed E-state index contributed by atoms with van der Waals surface area (Å²) in [5.74, 6) is 0.784. The standard InChI is InChI=1S/C11H9ClN4S2/c1-16-11(13-14-15-16)17-6-9-10(12)7-4-2-3-5-8(7)18-9/h2-5H,6H2,1H3. The summed E-state index contributed by atoms with van der Waals surface area (Å²) >= 11 is 9.69. The second-order valence-corrected chi connectivity index (χ2v) is 6.17. The van der Waals surface area contributed by atoms with Gasteiger partial charge < -0.3 is 0 Å². The predicted molar refractivity (Wildman–Crippen MR) is 75.2 cm³/mol.